The largest absolute Gasteiger partial charge is 0.368 e. The van der Waals surface area contributed by atoms with E-state index >= 15 is 0 Å². The first-order chi connectivity index (χ1) is 9.63. The van der Waals surface area contributed by atoms with Gasteiger partial charge in [0.2, 0.25) is 0 Å². The predicted octanol–water partition coefficient (Wildman–Crippen LogP) is 2.82. The maximum Gasteiger partial charge on any atom is 0.161 e. The molecule has 1 aromatic heterocycles. The minimum atomic E-state index is 0.416. The maximum atomic E-state index is 6.14. The highest BCUT2D eigenvalue weighted by molar-refractivity contribution is 6.37. The highest BCUT2D eigenvalue weighted by Gasteiger charge is 2.18. The number of nitrogen functional groups attached to an aromatic ring is 1. The Morgan fingerprint density at radius 1 is 1.30 bits per heavy atom. The Bertz CT molecular complexity index is 447. The molecule has 1 aliphatic rings. The minimum Gasteiger partial charge on any atom is -0.368 e. The number of nitrogens with zero attached hydrogens (tertiary/aromatic N) is 2. The van der Waals surface area contributed by atoms with Gasteiger partial charge in [-0.2, -0.15) is 0 Å². The number of halogens is 2. The zero-order chi connectivity index (χ0) is 14.5. The lowest BCUT2D eigenvalue weighted by Crippen LogP contribution is -2.35. The number of rotatable bonds is 5. The fraction of sp³-hybridized carbons (Fsp3) is 0.615. The zero-order valence-corrected chi connectivity index (χ0v) is 13.1. The number of nitrogens with two attached hydrogens (primary N) is 1. The summed E-state index contributed by atoms with van der Waals surface area (Å²) in [6.45, 7) is 6.55. The molecule has 0 atom stereocenters. The summed E-state index contributed by atoms with van der Waals surface area (Å²) in [5.41, 5.74) is 2.47. The molecule has 5 nitrogen and oxygen atoms in total. The molecule has 4 N–H and O–H groups in total. The molecule has 0 aromatic carbocycles. The fourth-order valence-electron chi connectivity index (χ4n) is 2.44. The van der Waals surface area contributed by atoms with E-state index in [4.69, 9.17) is 29.0 Å². The third-order valence-electron chi connectivity index (χ3n) is 3.78. The smallest absolute Gasteiger partial charge is 0.161 e. The zero-order valence-electron chi connectivity index (χ0n) is 11.6. The molecular weight excluding hydrogens is 297 g/mol. The molecule has 0 amide bonds. The lowest BCUT2D eigenvalue weighted by Gasteiger charge is -2.31. The van der Waals surface area contributed by atoms with Crippen LogP contribution in [0.2, 0.25) is 10.0 Å². The molecule has 2 rings (SSSR count). The summed E-state index contributed by atoms with van der Waals surface area (Å²) >= 11 is 12.1. The number of nitrogens with one attached hydrogen (secondary N) is 2. The van der Waals surface area contributed by atoms with Gasteiger partial charge in [-0.25, -0.2) is 10.8 Å². The van der Waals surface area contributed by atoms with Crippen LogP contribution in [-0.2, 0) is 0 Å². The van der Waals surface area contributed by atoms with Crippen molar-refractivity contribution in [2.45, 2.75) is 19.8 Å². The van der Waals surface area contributed by atoms with Crippen LogP contribution in [0.3, 0.4) is 0 Å². The predicted molar refractivity (Wildman–Crippen MR) is 85.4 cm³/mol. The van der Waals surface area contributed by atoms with Crippen molar-refractivity contribution in [3.05, 3.63) is 16.1 Å². The van der Waals surface area contributed by atoms with E-state index in [9.17, 15) is 0 Å². The van der Waals surface area contributed by atoms with Gasteiger partial charge >= 0.3 is 0 Å². The summed E-state index contributed by atoms with van der Waals surface area (Å²) in [4.78, 5) is 6.76. The Hall–Kier alpha value is -0.750. The Balaban J connectivity index is 1.91. The highest BCUT2D eigenvalue weighted by Crippen LogP contribution is 2.29. The minimum absolute atomic E-state index is 0.416. The van der Waals surface area contributed by atoms with Gasteiger partial charge in [0.15, 0.2) is 5.82 Å². The Labute approximate surface area is 129 Å². The number of piperidine rings is 1. The number of hydrazine groups is 1. The molecule has 1 saturated heterocycles. The second kappa shape index (κ2) is 7.31. The van der Waals surface area contributed by atoms with E-state index in [1.54, 1.807) is 6.07 Å². The maximum absolute atomic E-state index is 6.14. The second-order valence-corrected chi connectivity index (χ2v) is 5.87. The molecule has 1 fully saturated rings. The molecule has 0 saturated carbocycles. The number of hydrogen-bond donors (Lipinski definition) is 3. The van der Waals surface area contributed by atoms with Crippen LogP contribution in [0.5, 0.6) is 0 Å². The standard InChI is InChI=1S/C13H21Cl2N5/c1-2-20-5-3-9(4-6-20)8-17-12-10(14)7-11(15)13(18-12)19-16/h7,9H,2-6,8,16H2,1H3,(H2,17,18,19). The fourth-order valence-corrected chi connectivity index (χ4v) is 2.92. The number of pyridine rings is 1. The normalized spacial score (nSPS) is 17.2. The van der Waals surface area contributed by atoms with Crippen LogP contribution in [0, 0.1) is 5.92 Å². The van der Waals surface area contributed by atoms with Gasteiger partial charge in [-0.3, -0.25) is 0 Å². The first kappa shape index (κ1) is 15.6. The van der Waals surface area contributed by atoms with Gasteiger partial charge in [0, 0.05) is 6.54 Å². The van der Waals surface area contributed by atoms with Gasteiger partial charge in [0.25, 0.3) is 0 Å². The summed E-state index contributed by atoms with van der Waals surface area (Å²) < 4.78 is 0. The van der Waals surface area contributed by atoms with Crippen molar-refractivity contribution in [1.29, 1.82) is 0 Å². The van der Waals surface area contributed by atoms with E-state index in [2.05, 4.69) is 27.6 Å². The summed E-state index contributed by atoms with van der Waals surface area (Å²) in [6.07, 6.45) is 2.40. The van der Waals surface area contributed by atoms with Crippen LogP contribution in [0.25, 0.3) is 0 Å². The van der Waals surface area contributed by atoms with Gasteiger partial charge in [-0.1, -0.05) is 30.1 Å². The van der Waals surface area contributed by atoms with Crippen LogP contribution < -0.4 is 16.6 Å². The molecule has 0 spiro atoms. The number of likely N-dealkylation sites (tertiary alicyclic amines) is 1. The van der Waals surface area contributed by atoms with Crippen molar-refractivity contribution in [3.8, 4) is 0 Å². The van der Waals surface area contributed by atoms with E-state index in [1.165, 1.54) is 25.9 Å². The summed E-state index contributed by atoms with van der Waals surface area (Å²) in [6, 6.07) is 1.65. The van der Waals surface area contributed by atoms with E-state index in [-0.39, 0.29) is 0 Å². The number of aromatic nitrogens is 1. The van der Waals surface area contributed by atoms with Gasteiger partial charge in [0.05, 0.1) is 10.0 Å². The molecule has 7 heteroatoms. The second-order valence-electron chi connectivity index (χ2n) is 5.05. The molecule has 20 heavy (non-hydrogen) atoms. The molecule has 1 aliphatic heterocycles. The third-order valence-corrected chi connectivity index (χ3v) is 4.35. The van der Waals surface area contributed by atoms with Crippen LogP contribution in [0.15, 0.2) is 6.07 Å². The average Bonchev–Trinajstić information content (AvgIpc) is 2.47. The van der Waals surface area contributed by atoms with Gasteiger partial charge in [-0.15, -0.1) is 0 Å². The average molecular weight is 318 g/mol. The Morgan fingerprint density at radius 3 is 2.55 bits per heavy atom. The SMILES string of the molecule is CCN1CCC(CNc2nc(NN)c(Cl)cc2Cl)CC1. The summed E-state index contributed by atoms with van der Waals surface area (Å²) in [5, 5.41) is 4.23. The van der Waals surface area contributed by atoms with Gasteiger partial charge in [0.1, 0.15) is 5.82 Å². The highest BCUT2D eigenvalue weighted by atomic mass is 35.5. The van der Waals surface area contributed by atoms with E-state index in [0.717, 1.165) is 13.1 Å². The van der Waals surface area contributed by atoms with Crippen molar-refractivity contribution < 1.29 is 0 Å². The molecular formula is C13H21Cl2N5. The molecule has 112 valence electrons. The molecule has 2 heterocycles. The van der Waals surface area contributed by atoms with Crippen LogP contribution >= 0.6 is 23.2 Å². The first-order valence-electron chi connectivity index (χ1n) is 6.93. The first-order valence-corrected chi connectivity index (χ1v) is 7.68. The lowest BCUT2D eigenvalue weighted by molar-refractivity contribution is 0.198. The van der Waals surface area contributed by atoms with E-state index in [1.807, 2.05) is 0 Å². The van der Waals surface area contributed by atoms with E-state index < -0.39 is 0 Å². The van der Waals surface area contributed by atoms with Crippen LogP contribution in [-0.4, -0.2) is 36.1 Å². The van der Waals surface area contributed by atoms with Crippen LogP contribution in [0.4, 0.5) is 11.6 Å². The Kier molecular flexibility index (Phi) is 5.72. The molecule has 0 bridgehead atoms. The van der Waals surface area contributed by atoms with E-state index in [0.29, 0.717) is 27.6 Å². The quantitative estimate of drug-likeness (QED) is 0.575. The molecule has 0 unspecified atom stereocenters. The van der Waals surface area contributed by atoms with Crippen LogP contribution in [0.1, 0.15) is 19.8 Å². The van der Waals surface area contributed by atoms with Crippen molar-refractivity contribution in [2.24, 2.45) is 11.8 Å². The van der Waals surface area contributed by atoms with Gasteiger partial charge in [-0.05, 0) is 44.5 Å². The number of hydrogen-bond acceptors (Lipinski definition) is 5. The number of anilines is 2. The van der Waals surface area contributed by atoms with Crippen molar-refractivity contribution in [3.63, 3.8) is 0 Å². The third kappa shape index (κ3) is 3.88. The molecule has 0 radical (unpaired) electrons. The van der Waals surface area contributed by atoms with Crippen molar-refractivity contribution in [1.82, 2.24) is 9.88 Å². The van der Waals surface area contributed by atoms with Gasteiger partial charge < -0.3 is 15.6 Å². The molecule has 1 aromatic rings. The monoisotopic (exact) mass is 317 g/mol. The summed E-state index contributed by atoms with van der Waals surface area (Å²) in [5.74, 6) is 7.08. The van der Waals surface area contributed by atoms with Crippen molar-refractivity contribution >= 4 is 34.8 Å². The molecule has 0 aliphatic carbocycles. The van der Waals surface area contributed by atoms with Crippen molar-refractivity contribution in [2.75, 3.05) is 36.9 Å². The topological polar surface area (TPSA) is 66.2 Å². The Morgan fingerprint density at radius 2 is 1.95 bits per heavy atom. The lowest BCUT2D eigenvalue weighted by atomic mass is 9.97. The summed E-state index contributed by atoms with van der Waals surface area (Å²) in [7, 11) is 0.